The van der Waals surface area contributed by atoms with Crippen molar-refractivity contribution in [3.05, 3.63) is 64.3 Å². The maximum Gasteiger partial charge on any atom is 0.251 e. The molecule has 3 N–H and O–H groups in total. The molecule has 1 aromatic heterocycles. The van der Waals surface area contributed by atoms with Crippen molar-refractivity contribution in [2.24, 2.45) is 0 Å². The molecule has 0 aliphatic carbocycles. The third kappa shape index (κ3) is 4.89. The van der Waals surface area contributed by atoms with E-state index < -0.39 is 0 Å². The number of nitrogens with one attached hydrogen (secondary N) is 3. The molecule has 0 fully saturated rings. The summed E-state index contributed by atoms with van der Waals surface area (Å²) in [5, 5.41) is 6.58. The van der Waals surface area contributed by atoms with Crippen molar-refractivity contribution in [1.82, 2.24) is 15.6 Å². The van der Waals surface area contributed by atoms with E-state index in [2.05, 4.69) is 31.5 Å². The van der Waals surface area contributed by atoms with E-state index in [0.717, 1.165) is 26.7 Å². The third-order valence-corrected chi connectivity index (χ3v) is 4.64. The number of aromatic amines is 1. The fraction of sp³-hybridized carbons (Fsp3) is 0.200. The lowest BCUT2D eigenvalue weighted by Crippen LogP contribution is -2.35. The van der Waals surface area contributed by atoms with Gasteiger partial charge in [-0.05, 0) is 42.0 Å². The van der Waals surface area contributed by atoms with Gasteiger partial charge in [0.25, 0.3) is 5.91 Å². The molecule has 0 unspecified atom stereocenters. The molecule has 0 aliphatic heterocycles. The van der Waals surface area contributed by atoms with Gasteiger partial charge >= 0.3 is 0 Å². The first-order valence-electron chi connectivity index (χ1n) is 8.51. The summed E-state index contributed by atoms with van der Waals surface area (Å²) in [6, 6.07) is 12.9. The largest absolute Gasteiger partial charge is 0.497 e. The van der Waals surface area contributed by atoms with Gasteiger partial charge in [-0.2, -0.15) is 0 Å². The van der Waals surface area contributed by atoms with Gasteiger partial charge in [0, 0.05) is 40.2 Å². The molecule has 0 saturated heterocycles. The Morgan fingerprint density at radius 1 is 1.11 bits per heavy atom. The SMILES string of the molecule is COc1ccc2[nH]cc(CC(=O)NCCNC(=O)c3cccc(Br)c3)c2c1. The van der Waals surface area contributed by atoms with Crippen LogP contribution >= 0.6 is 15.9 Å². The van der Waals surface area contributed by atoms with Crippen LogP contribution in [-0.4, -0.2) is 37.0 Å². The molecule has 140 valence electrons. The standard InChI is InChI=1S/C20H20BrN3O3/c1-27-16-5-6-18-17(11-16)14(12-24-18)10-19(25)22-7-8-23-20(26)13-3-2-4-15(21)9-13/h2-6,9,11-12,24H,7-8,10H2,1H3,(H,22,25)(H,23,26). The van der Waals surface area contributed by atoms with E-state index in [-0.39, 0.29) is 18.2 Å². The van der Waals surface area contributed by atoms with Crippen LogP contribution in [-0.2, 0) is 11.2 Å². The third-order valence-electron chi connectivity index (χ3n) is 4.15. The molecule has 0 bridgehead atoms. The first-order valence-corrected chi connectivity index (χ1v) is 9.30. The van der Waals surface area contributed by atoms with E-state index in [1.165, 1.54) is 0 Å². The number of ether oxygens (including phenoxy) is 1. The molecule has 0 saturated carbocycles. The van der Waals surface area contributed by atoms with Crippen LogP contribution < -0.4 is 15.4 Å². The molecule has 7 heteroatoms. The van der Waals surface area contributed by atoms with Gasteiger partial charge in [0.1, 0.15) is 5.75 Å². The first-order chi connectivity index (χ1) is 13.1. The number of fused-ring (bicyclic) bond motifs is 1. The molecule has 3 aromatic rings. The zero-order chi connectivity index (χ0) is 19.2. The maximum absolute atomic E-state index is 12.2. The minimum atomic E-state index is -0.172. The number of halogens is 1. The Balaban J connectivity index is 1.48. The molecule has 2 aromatic carbocycles. The molecule has 0 radical (unpaired) electrons. The lowest BCUT2D eigenvalue weighted by Gasteiger charge is -2.07. The molecule has 1 heterocycles. The molecule has 0 aliphatic rings. The minimum Gasteiger partial charge on any atom is -0.497 e. The zero-order valence-electron chi connectivity index (χ0n) is 14.8. The smallest absolute Gasteiger partial charge is 0.251 e. The number of benzene rings is 2. The summed E-state index contributed by atoms with van der Waals surface area (Å²) in [6.07, 6.45) is 2.09. The number of amides is 2. The summed E-state index contributed by atoms with van der Waals surface area (Å²) in [7, 11) is 1.61. The Labute approximate surface area is 165 Å². The van der Waals surface area contributed by atoms with E-state index in [0.29, 0.717) is 18.7 Å². The number of carbonyl (C=O) groups excluding carboxylic acids is 2. The Morgan fingerprint density at radius 3 is 2.70 bits per heavy atom. The Hall–Kier alpha value is -2.80. The second-order valence-corrected chi connectivity index (χ2v) is 6.93. The average molecular weight is 430 g/mol. The van der Waals surface area contributed by atoms with Gasteiger partial charge < -0.3 is 20.4 Å². The minimum absolute atomic E-state index is 0.101. The zero-order valence-corrected chi connectivity index (χ0v) is 16.4. The van der Waals surface area contributed by atoms with Crippen LogP contribution in [0.1, 0.15) is 15.9 Å². The fourth-order valence-electron chi connectivity index (χ4n) is 2.78. The quantitative estimate of drug-likeness (QED) is 0.504. The average Bonchev–Trinajstić information content (AvgIpc) is 3.07. The van der Waals surface area contributed by atoms with Crippen LogP contribution in [0, 0.1) is 0 Å². The number of hydrogen-bond donors (Lipinski definition) is 3. The molecule has 2 amide bonds. The monoisotopic (exact) mass is 429 g/mol. The number of aromatic nitrogens is 1. The van der Waals surface area contributed by atoms with Crippen molar-refractivity contribution in [1.29, 1.82) is 0 Å². The Morgan fingerprint density at radius 2 is 1.93 bits per heavy atom. The van der Waals surface area contributed by atoms with Gasteiger partial charge in [0.2, 0.25) is 5.91 Å². The normalized spacial score (nSPS) is 10.6. The van der Waals surface area contributed by atoms with Crippen LogP contribution in [0.15, 0.2) is 53.1 Å². The number of hydrogen-bond acceptors (Lipinski definition) is 3. The molecular weight excluding hydrogens is 410 g/mol. The van der Waals surface area contributed by atoms with Gasteiger partial charge in [0.05, 0.1) is 13.5 Å². The van der Waals surface area contributed by atoms with Gasteiger partial charge in [0.15, 0.2) is 0 Å². The molecule has 3 rings (SSSR count). The summed E-state index contributed by atoms with van der Waals surface area (Å²) < 4.78 is 6.09. The van der Waals surface area contributed by atoms with E-state index in [9.17, 15) is 9.59 Å². The van der Waals surface area contributed by atoms with Gasteiger partial charge in [-0.25, -0.2) is 0 Å². The van der Waals surface area contributed by atoms with Gasteiger partial charge in [-0.1, -0.05) is 22.0 Å². The highest BCUT2D eigenvalue weighted by Gasteiger charge is 2.10. The second-order valence-electron chi connectivity index (χ2n) is 6.02. The lowest BCUT2D eigenvalue weighted by atomic mass is 10.1. The highest BCUT2D eigenvalue weighted by molar-refractivity contribution is 9.10. The first kappa shape index (κ1) is 19.0. The number of methoxy groups -OCH3 is 1. The van der Waals surface area contributed by atoms with Crippen LogP contribution in [0.4, 0.5) is 0 Å². The number of H-pyrrole nitrogens is 1. The van der Waals surface area contributed by atoms with Crippen LogP contribution in [0.3, 0.4) is 0 Å². The number of carbonyl (C=O) groups is 2. The number of rotatable bonds is 7. The van der Waals surface area contributed by atoms with Crippen molar-refractivity contribution >= 4 is 38.6 Å². The molecule has 6 nitrogen and oxygen atoms in total. The van der Waals surface area contributed by atoms with E-state index in [1.54, 1.807) is 25.3 Å². The Bertz CT molecular complexity index is 968. The molecular formula is C20H20BrN3O3. The summed E-state index contributed by atoms with van der Waals surface area (Å²) in [4.78, 5) is 27.4. The van der Waals surface area contributed by atoms with Crippen molar-refractivity contribution in [2.75, 3.05) is 20.2 Å². The summed E-state index contributed by atoms with van der Waals surface area (Å²) in [5.74, 6) is 0.476. The van der Waals surface area contributed by atoms with Crippen molar-refractivity contribution in [3.8, 4) is 5.75 Å². The summed E-state index contributed by atoms with van der Waals surface area (Å²) >= 11 is 3.34. The summed E-state index contributed by atoms with van der Waals surface area (Å²) in [6.45, 7) is 0.725. The van der Waals surface area contributed by atoms with Crippen molar-refractivity contribution in [2.45, 2.75) is 6.42 Å². The van der Waals surface area contributed by atoms with E-state index in [4.69, 9.17) is 4.74 Å². The van der Waals surface area contributed by atoms with Crippen LogP contribution in [0.25, 0.3) is 10.9 Å². The van der Waals surface area contributed by atoms with Crippen LogP contribution in [0.5, 0.6) is 5.75 Å². The molecule has 0 atom stereocenters. The molecule has 27 heavy (non-hydrogen) atoms. The topological polar surface area (TPSA) is 83.2 Å². The highest BCUT2D eigenvalue weighted by atomic mass is 79.9. The van der Waals surface area contributed by atoms with Crippen LogP contribution in [0.2, 0.25) is 0 Å². The van der Waals surface area contributed by atoms with Crippen molar-refractivity contribution in [3.63, 3.8) is 0 Å². The Kier molecular flexibility index (Phi) is 6.13. The highest BCUT2D eigenvalue weighted by Crippen LogP contribution is 2.23. The van der Waals surface area contributed by atoms with Crippen molar-refractivity contribution < 1.29 is 14.3 Å². The maximum atomic E-state index is 12.2. The van der Waals surface area contributed by atoms with Gasteiger partial charge in [-0.3, -0.25) is 9.59 Å². The van der Waals surface area contributed by atoms with E-state index >= 15 is 0 Å². The van der Waals surface area contributed by atoms with Gasteiger partial charge in [-0.15, -0.1) is 0 Å². The fourth-order valence-corrected chi connectivity index (χ4v) is 3.18. The second kappa shape index (κ2) is 8.73. The predicted molar refractivity (Wildman–Crippen MR) is 108 cm³/mol. The lowest BCUT2D eigenvalue weighted by molar-refractivity contribution is -0.120. The van der Waals surface area contributed by atoms with E-state index in [1.807, 2.05) is 30.5 Å². The molecule has 0 spiro atoms. The summed E-state index contributed by atoms with van der Waals surface area (Å²) in [5.41, 5.74) is 2.43. The predicted octanol–water partition coefficient (Wildman–Crippen LogP) is 3.03.